The Kier molecular flexibility index (Phi) is 3.43. The molecular formula is C8H10N2O5S. The first kappa shape index (κ1) is 12.4. The largest absolute Gasteiger partial charge is 0.481 e. The highest BCUT2D eigenvalue weighted by atomic mass is 32.2. The molecule has 0 spiro atoms. The monoisotopic (exact) mass is 246 g/mol. The Bertz CT molecular complexity index is 511. The topological polar surface area (TPSA) is 99.4 Å². The molecule has 0 saturated carbocycles. The summed E-state index contributed by atoms with van der Waals surface area (Å²) >= 11 is 0. The van der Waals surface area contributed by atoms with Crippen molar-refractivity contribution in [1.82, 2.24) is 4.98 Å². The number of nitro groups is 1. The Hall–Kier alpha value is -1.70. The maximum Gasteiger partial charge on any atom is 0.306 e. The van der Waals surface area contributed by atoms with E-state index in [1.165, 1.54) is 20.1 Å². The summed E-state index contributed by atoms with van der Waals surface area (Å²) < 4.78 is 27.9. The third-order valence-corrected chi connectivity index (χ3v) is 3.54. The molecule has 0 fully saturated rings. The van der Waals surface area contributed by atoms with Crippen LogP contribution in [0, 0.1) is 10.1 Å². The lowest BCUT2D eigenvalue weighted by atomic mass is 10.4. The van der Waals surface area contributed by atoms with Crippen LogP contribution in [0.3, 0.4) is 0 Å². The highest BCUT2D eigenvalue weighted by Gasteiger charge is 2.26. The first-order chi connectivity index (χ1) is 7.42. The molecule has 0 radical (unpaired) electrons. The van der Waals surface area contributed by atoms with Gasteiger partial charge >= 0.3 is 5.69 Å². The summed E-state index contributed by atoms with van der Waals surface area (Å²) in [6, 6.07) is 2.31. The second-order valence-electron chi connectivity index (χ2n) is 2.84. The van der Waals surface area contributed by atoms with E-state index in [1.807, 2.05) is 0 Å². The molecule has 1 rings (SSSR count). The van der Waals surface area contributed by atoms with Crippen LogP contribution in [0.25, 0.3) is 0 Å². The van der Waals surface area contributed by atoms with E-state index in [4.69, 9.17) is 4.74 Å². The van der Waals surface area contributed by atoms with Gasteiger partial charge in [-0.3, -0.25) is 10.1 Å². The van der Waals surface area contributed by atoms with Crippen molar-refractivity contribution >= 4 is 15.5 Å². The van der Waals surface area contributed by atoms with Crippen LogP contribution in [-0.2, 0) is 9.84 Å². The van der Waals surface area contributed by atoms with Crippen molar-refractivity contribution in [3.05, 3.63) is 22.2 Å². The fraction of sp³-hybridized carbons (Fsp3) is 0.375. The van der Waals surface area contributed by atoms with Crippen molar-refractivity contribution in [3.8, 4) is 5.88 Å². The van der Waals surface area contributed by atoms with E-state index in [2.05, 4.69) is 4.98 Å². The molecule has 0 aliphatic rings. The summed E-state index contributed by atoms with van der Waals surface area (Å²) in [5.41, 5.74) is -0.539. The zero-order chi connectivity index (χ0) is 12.3. The van der Waals surface area contributed by atoms with Crippen LogP contribution in [0.4, 0.5) is 5.69 Å². The van der Waals surface area contributed by atoms with E-state index in [0.29, 0.717) is 0 Å². The average molecular weight is 246 g/mol. The minimum Gasteiger partial charge on any atom is -0.481 e. The number of nitrogens with zero attached hydrogens (tertiary/aromatic N) is 2. The number of hydrogen-bond donors (Lipinski definition) is 0. The van der Waals surface area contributed by atoms with Crippen molar-refractivity contribution in [1.29, 1.82) is 0 Å². The molecule has 1 heterocycles. The van der Waals surface area contributed by atoms with E-state index >= 15 is 0 Å². The number of sulfone groups is 1. The van der Waals surface area contributed by atoms with Gasteiger partial charge in [0.1, 0.15) is 0 Å². The quantitative estimate of drug-likeness (QED) is 0.575. The van der Waals surface area contributed by atoms with Crippen LogP contribution >= 0.6 is 0 Å². The second-order valence-corrected chi connectivity index (χ2v) is 5.03. The highest BCUT2D eigenvalue weighted by molar-refractivity contribution is 7.91. The number of rotatable bonds is 4. The molecule has 0 saturated heterocycles. The number of methoxy groups -OCH3 is 1. The Balaban J connectivity index is 3.49. The number of pyridine rings is 1. The minimum atomic E-state index is -3.74. The Morgan fingerprint density at radius 1 is 1.50 bits per heavy atom. The van der Waals surface area contributed by atoms with Crippen LogP contribution in [0.1, 0.15) is 6.92 Å². The van der Waals surface area contributed by atoms with Crippen molar-refractivity contribution in [2.24, 2.45) is 0 Å². The van der Waals surface area contributed by atoms with Gasteiger partial charge in [-0.1, -0.05) is 6.92 Å². The van der Waals surface area contributed by atoms with Gasteiger partial charge in [-0.15, -0.1) is 0 Å². The third-order valence-electron chi connectivity index (χ3n) is 1.90. The lowest BCUT2D eigenvalue weighted by Gasteiger charge is -2.04. The van der Waals surface area contributed by atoms with Crippen LogP contribution in [0.15, 0.2) is 17.2 Å². The molecule has 1 aromatic rings. The molecule has 8 heteroatoms. The van der Waals surface area contributed by atoms with Gasteiger partial charge in [0.15, 0.2) is 0 Å². The van der Waals surface area contributed by atoms with Crippen LogP contribution < -0.4 is 4.74 Å². The predicted molar refractivity (Wildman–Crippen MR) is 55.2 cm³/mol. The molecule has 0 atom stereocenters. The first-order valence-corrected chi connectivity index (χ1v) is 5.99. The SMILES string of the molecule is CCS(=O)(=O)c1nc(OC)ccc1[N+](=O)[O-]. The molecule has 1 aromatic heterocycles. The first-order valence-electron chi connectivity index (χ1n) is 4.34. The summed E-state index contributed by atoms with van der Waals surface area (Å²) in [5, 5.41) is 10.1. The molecule has 7 nitrogen and oxygen atoms in total. The zero-order valence-corrected chi connectivity index (χ0v) is 9.52. The predicted octanol–water partition coefficient (Wildman–Crippen LogP) is 0.792. The van der Waals surface area contributed by atoms with Crippen LogP contribution in [0.2, 0.25) is 0 Å². The highest BCUT2D eigenvalue weighted by Crippen LogP contribution is 2.25. The molecule has 0 aliphatic heterocycles. The summed E-state index contributed by atoms with van der Waals surface area (Å²) in [6.45, 7) is 1.39. The van der Waals surface area contributed by atoms with Gasteiger partial charge in [0.25, 0.3) is 0 Å². The fourth-order valence-corrected chi connectivity index (χ4v) is 2.00. The average Bonchev–Trinajstić information content (AvgIpc) is 2.28. The minimum absolute atomic E-state index is 0.0256. The zero-order valence-electron chi connectivity index (χ0n) is 8.71. The van der Waals surface area contributed by atoms with Gasteiger partial charge in [-0.2, -0.15) is 4.98 Å². The molecule has 0 N–H and O–H groups in total. The number of hydrogen-bond acceptors (Lipinski definition) is 6. The standard InChI is InChI=1S/C8H10N2O5S/c1-3-16(13,14)8-6(10(11)12)4-5-7(9-8)15-2/h4-5H,3H2,1-2H3. The van der Waals surface area contributed by atoms with E-state index in [9.17, 15) is 18.5 Å². The van der Waals surface area contributed by atoms with Crippen molar-refractivity contribution in [3.63, 3.8) is 0 Å². The molecule has 0 bridgehead atoms. The molecule has 16 heavy (non-hydrogen) atoms. The lowest BCUT2D eigenvalue weighted by molar-refractivity contribution is -0.388. The molecular weight excluding hydrogens is 236 g/mol. The van der Waals surface area contributed by atoms with E-state index < -0.39 is 25.5 Å². The normalized spacial score (nSPS) is 11.1. The Labute approximate surface area is 92.1 Å². The summed E-state index contributed by atoms with van der Waals surface area (Å²) in [5.74, 6) is -0.230. The van der Waals surface area contributed by atoms with E-state index in [1.54, 1.807) is 0 Å². The number of ether oxygens (including phenoxy) is 1. The van der Waals surface area contributed by atoms with Crippen molar-refractivity contribution in [2.75, 3.05) is 12.9 Å². The fourth-order valence-electron chi connectivity index (χ4n) is 1.03. The van der Waals surface area contributed by atoms with Gasteiger partial charge in [-0.05, 0) is 0 Å². The summed E-state index contributed by atoms with van der Waals surface area (Å²) in [6.07, 6.45) is 0. The molecule has 0 unspecified atom stereocenters. The summed E-state index contributed by atoms with van der Waals surface area (Å²) in [7, 11) is -2.44. The van der Waals surface area contributed by atoms with Crippen LogP contribution in [0.5, 0.6) is 5.88 Å². The maximum absolute atomic E-state index is 11.6. The molecule has 88 valence electrons. The second kappa shape index (κ2) is 4.44. The van der Waals surface area contributed by atoms with E-state index in [0.717, 1.165) is 6.07 Å². The van der Waals surface area contributed by atoms with Crippen molar-refractivity contribution < 1.29 is 18.1 Å². The molecule has 0 aromatic carbocycles. The van der Waals surface area contributed by atoms with Gasteiger partial charge in [0, 0.05) is 12.1 Å². The van der Waals surface area contributed by atoms with Gasteiger partial charge in [0.2, 0.25) is 20.7 Å². The molecule has 0 aliphatic carbocycles. The third kappa shape index (κ3) is 2.27. The van der Waals surface area contributed by atoms with Crippen molar-refractivity contribution in [2.45, 2.75) is 11.9 Å². The van der Waals surface area contributed by atoms with Gasteiger partial charge in [-0.25, -0.2) is 8.42 Å². The molecule has 0 amide bonds. The van der Waals surface area contributed by atoms with Crippen LogP contribution in [-0.4, -0.2) is 31.2 Å². The van der Waals surface area contributed by atoms with Gasteiger partial charge < -0.3 is 4.74 Å². The van der Waals surface area contributed by atoms with Gasteiger partial charge in [0.05, 0.1) is 17.8 Å². The Morgan fingerprint density at radius 2 is 2.12 bits per heavy atom. The summed E-state index contributed by atoms with van der Waals surface area (Å²) in [4.78, 5) is 13.5. The van der Waals surface area contributed by atoms with E-state index in [-0.39, 0.29) is 11.6 Å². The number of aromatic nitrogens is 1. The Morgan fingerprint density at radius 3 is 2.56 bits per heavy atom. The maximum atomic E-state index is 11.6. The smallest absolute Gasteiger partial charge is 0.306 e. The lowest BCUT2D eigenvalue weighted by Crippen LogP contribution is -2.10.